The lowest BCUT2D eigenvalue weighted by Crippen LogP contribution is -2.25. The molecule has 22 heavy (non-hydrogen) atoms. The van der Waals surface area contributed by atoms with Crippen molar-refractivity contribution in [2.24, 2.45) is 0 Å². The summed E-state index contributed by atoms with van der Waals surface area (Å²) in [5, 5.41) is 2.79. The Morgan fingerprint density at radius 3 is 2.50 bits per heavy atom. The predicted molar refractivity (Wildman–Crippen MR) is 88.1 cm³/mol. The Bertz CT molecular complexity index is 647. The van der Waals surface area contributed by atoms with Gasteiger partial charge < -0.3 is 5.32 Å². The summed E-state index contributed by atoms with van der Waals surface area (Å²) in [7, 11) is 0. The molecule has 0 heterocycles. The summed E-state index contributed by atoms with van der Waals surface area (Å²) < 4.78 is 13.4. The van der Waals surface area contributed by atoms with Crippen LogP contribution in [0.15, 0.2) is 42.5 Å². The van der Waals surface area contributed by atoms with Gasteiger partial charge in [0.1, 0.15) is 5.82 Å². The van der Waals surface area contributed by atoms with Crippen LogP contribution in [-0.2, 0) is 6.42 Å². The average Bonchev–Trinajstić information content (AvgIpc) is 2.51. The first-order chi connectivity index (χ1) is 10.6. The molecule has 2 rings (SSSR count). The SMILES string of the molecule is O=C(NCCCCc1ccccc1)c1cc(F)c(Cl)cc1Cl. The number of nitrogens with one attached hydrogen (secondary N) is 1. The van der Waals surface area contributed by atoms with Crippen LogP contribution < -0.4 is 5.32 Å². The molecular formula is C17H16Cl2FNO. The predicted octanol–water partition coefficient (Wildman–Crippen LogP) is 4.89. The number of aryl methyl sites for hydroxylation is 1. The monoisotopic (exact) mass is 339 g/mol. The molecule has 0 spiro atoms. The third-order valence-electron chi connectivity index (χ3n) is 3.28. The van der Waals surface area contributed by atoms with Gasteiger partial charge in [0.15, 0.2) is 0 Å². The molecule has 2 aromatic rings. The zero-order valence-corrected chi connectivity index (χ0v) is 13.4. The van der Waals surface area contributed by atoms with Gasteiger partial charge in [0.2, 0.25) is 0 Å². The Morgan fingerprint density at radius 1 is 1.05 bits per heavy atom. The molecule has 0 fully saturated rings. The molecule has 2 aromatic carbocycles. The quantitative estimate of drug-likeness (QED) is 0.589. The highest BCUT2D eigenvalue weighted by molar-refractivity contribution is 6.36. The van der Waals surface area contributed by atoms with E-state index in [4.69, 9.17) is 23.2 Å². The van der Waals surface area contributed by atoms with Crippen molar-refractivity contribution in [2.45, 2.75) is 19.3 Å². The number of rotatable bonds is 6. The lowest BCUT2D eigenvalue weighted by molar-refractivity contribution is 0.0952. The van der Waals surface area contributed by atoms with Crippen LogP contribution in [0.5, 0.6) is 0 Å². The van der Waals surface area contributed by atoms with Crippen LogP contribution in [-0.4, -0.2) is 12.5 Å². The van der Waals surface area contributed by atoms with Gasteiger partial charge in [0.25, 0.3) is 5.91 Å². The second-order valence-electron chi connectivity index (χ2n) is 4.94. The number of unbranched alkanes of at least 4 members (excludes halogenated alkanes) is 1. The van der Waals surface area contributed by atoms with Gasteiger partial charge in [-0.1, -0.05) is 53.5 Å². The zero-order chi connectivity index (χ0) is 15.9. The lowest BCUT2D eigenvalue weighted by Gasteiger charge is -2.08. The molecular weight excluding hydrogens is 324 g/mol. The zero-order valence-electron chi connectivity index (χ0n) is 11.9. The van der Waals surface area contributed by atoms with Crippen LogP contribution in [0, 0.1) is 5.82 Å². The summed E-state index contributed by atoms with van der Waals surface area (Å²) in [4.78, 5) is 12.0. The maximum Gasteiger partial charge on any atom is 0.252 e. The van der Waals surface area contributed by atoms with E-state index >= 15 is 0 Å². The lowest BCUT2D eigenvalue weighted by atomic mass is 10.1. The summed E-state index contributed by atoms with van der Waals surface area (Å²) in [6.07, 6.45) is 2.77. The first-order valence-corrected chi connectivity index (χ1v) is 7.80. The highest BCUT2D eigenvalue weighted by Crippen LogP contribution is 2.24. The summed E-state index contributed by atoms with van der Waals surface area (Å²) in [5.41, 5.74) is 1.38. The van der Waals surface area contributed by atoms with E-state index in [2.05, 4.69) is 17.4 Å². The molecule has 0 atom stereocenters. The van der Waals surface area contributed by atoms with Gasteiger partial charge in [-0.2, -0.15) is 0 Å². The van der Waals surface area contributed by atoms with Crippen molar-refractivity contribution in [2.75, 3.05) is 6.54 Å². The molecule has 0 bridgehead atoms. The number of carbonyl (C=O) groups excluding carboxylic acids is 1. The average molecular weight is 340 g/mol. The fourth-order valence-corrected chi connectivity index (χ4v) is 2.56. The molecule has 0 aromatic heterocycles. The maximum absolute atomic E-state index is 13.4. The van der Waals surface area contributed by atoms with Crippen LogP contribution in [0.3, 0.4) is 0 Å². The fourth-order valence-electron chi connectivity index (χ4n) is 2.09. The van der Waals surface area contributed by atoms with Gasteiger partial charge in [-0.05, 0) is 37.0 Å². The number of amides is 1. The molecule has 2 nitrogen and oxygen atoms in total. The van der Waals surface area contributed by atoms with E-state index < -0.39 is 5.82 Å². The Labute approximate surface area is 139 Å². The van der Waals surface area contributed by atoms with Crippen molar-refractivity contribution in [3.8, 4) is 0 Å². The van der Waals surface area contributed by atoms with Gasteiger partial charge >= 0.3 is 0 Å². The standard InChI is InChI=1S/C17H16Cl2FNO/c18-14-11-15(19)16(20)10-13(14)17(22)21-9-5-4-8-12-6-2-1-3-7-12/h1-3,6-7,10-11H,4-5,8-9H2,(H,21,22). The number of hydrogen-bond donors (Lipinski definition) is 1. The number of carbonyl (C=O) groups is 1. The number of halogens is 3. The molecule has 1 amide bonds. The van der Waals surface area contributed by atoms with Gasteiger partial charge in [-0.25, -0.2) is 4.39 Å². The third kappa shape index (κ3) is 4.72. The van der Waals surface area contributed by atoms with Crippen molar-refractivity contribution in [3.63, 3.8) is 0 Å². The third-order valence-corrected chi connectivity index (χ3v) is 3.88. The van der Waals surface area contributed by atoms with Crippen molar-refractivity contribution < 1.29 is 9.18 Å². The Morgan fingerprint density at radius 2 is 1.77 bits per heavy atom. The topological polar surface area (TPSA) is 29.1 Å². The largest absolute Gasteiger partial charge is 0.352 e. The molecule has 1 N–H and O–H groups in total. The minimum absolute atomic E-state index is 0.0931. The van der Waals surface area contributed by atoms with E-state index in [9.17, 15) is 9.18 Å². The van der Waals surface area contributed by atoms with Crippen LogP contribution >= 0.6 is 23.2 Å². The Kier molecular flexibility index (Phi) is 6.22. The van der Waals surface area contributed by atoms with Crippen molar-refractivity contribution in [3.05, 3.63) is 69.5 Å². The number of hydrogen-bond acceptors (Lipinski definition) is 1. The summed E-state index contributed by atoms with van der Waals surface area (Å²) in [5.74, 6) is -1.04. The summed E-state index contributed by atoms with van der Waals surface area (Å²) in [6, 6.07) is 12.5. The van der Waals surface area contributed by atoms with Crippen LogP contribution in [0.2, 0.25) is 10.0 Å². The minimum atomic E-state index is -0.653. The van der Waals surface area contributed by atoms with Crippen LogP contribution in [0.4, 0.5) is 4.39 Å². The second kappa shape index (κ2) is 8.16. The van der Waals surface area contributed by atoms with E-state index in [1.807, 2.05) is 18.2 Å². The van der Waals surface area contributed by atoms with Gasteiger partial charge in [0, 0.05) is 6.54 Å². The molecule has 116 valence electrons. The Hall–Kier alpha value is -1.58. The van der Waals surface area contributed by atoms with Crippen molar-refractivity contribution >= 4 is 29.1 Å². The minimum Gasteiger partial charge on any atom is -0.352 e. The molecule has 0 saturated heterocycles. The molecule has 0 aliphatic carbocycles. The molecule has 0 radical (unpaired) electrons. The maximum atomic E-state index is 13.4. The van der Waals surface area contributed by atoms with Crippen molar-refractivity contribution in [1.82, 2.24) is 5.32 Å². The Balaban J connectivity index is 1.77. The first kappa shape index (κ1) is 16.8. The smallest absolute Gasteiger partial charge is 0.252 e. The first-order valence-electron chi connectivity index (χ1n) is 7.04. The molecule has 5 heteroatoms. The van der Waals surface area contributed by atoms with Crippen LogP contribution in [0.1, 0.15) is 28.8 Å². The van der Waals surface area contributed by atoms with E-state index in [1.165, 1.54) is 11.6 Å². The second-order valence-corrected chi connectivity index (χ2v) is 5.76. The fraction of sp³-hybridized carbons (Fsp3) is 0.235. The van der Waals surface area contributed by atoms with Gasteiger partial charge in [-0.3, -0.25) is 4.79 Å². The molecule has 0 saturated carbocycles. The summed E-state index contributed by atoms with van der Waals surface area (Å²) in [6.45, 7) is 0.520. The van der Waals surface area contributed by atoms with Gasteiger partial charge in [0.05, 0.1) is 15.6 Å². The summed E-state index contributed by atoms with van der Waals surface area (Å²) >= 11 is 11.5. The van der Waals surface area contributed by atoms with Crippen molar-refractivity contribution in [1.29, 1.82) is 0 Å². The number of benzene rings is 2. The molecule has 0 aliphatic rings. The van der Waals surface area contributed by atoms with E-state index in [-0.39, 0.29) is 21.5 Å². The van der Waals surface area contributed by atoms with E-state index in [0.717, 1.165) is 25.3 Å². The van der Waals surface area contributed by atoms with Gasteiger partial charge in [-0.15, -0.1) is 0 Å². The normalized spacial score (nSPS) is 10.5. The van der Waals surface area contributed by atoms with Crippen LogP contribution in [0.25, 0.3) is 0 Å². The highest BCUT2D eigenvalue weighted by atomic mass is 35.5. The molecule has 0 unspecified atom stereocenters. The van der Waals surface area contributed by atoms with E-state index in [0.29, 0.717) is 6.54 Å². The highest BCUT2D eigenvalue weighted by Gasteiger charge is 2.13. The molecule has 0 aliphatic heterocycles. The van der Waals surface area contributed by atoms with E-state index in [1.54, 1.807) is 0 Å².